The van der Waals surface area contributed by atoms with Gasteiger partial charge in [0.25, 0.3) is 0 Å². The van der Waals surface area contributed by atoms with Gasteiger partial charge in [-0.05, 0) is 67.5 Å². The molecular formula is C18H31NSi. The smallest absolute Gasteiger partial charge is 0.161 e. The summed E-state index contributed by atoms with van der Waals surface area (Å²) >= 11 is 0. The van der Waals surface area contributed by atoms with E-state index in [-0.39, 0.29) is 0 Å². The molecule has 1 heterocycles. The standard InChI is InChI=1S/C18H31NSi/c1-18(2,3)20(4,5)19-16-12-8-6-10-14(16)15-11-7-9-13-17(15)19/h6-13H2,1-5H3. The van der Waals surface area contributed by atoms with Crippen molar-refractivity contribution in [2.24, 2.45) is 0 Å². The van der Waals surface area contributed by atoms with Crippen molar-refractivity contribution in [1.82, 2.24) is 4.23 Å². The zero-order chi connectivity index (χ0) is 14.5. The van der Waals surface area contributed by atoms with E-state index < -0.39 is 8.24 Å². The van der Waals surface area contributed by atoms with E-state index in [9.17, 15) is 0 Å². The monoisotopic (exact) mass is 289 g/mol. The lowest BCUT2D eigenvalue weighted by molar-refractivity contribution is 0.638. The fraction of sp³-hybridized carbons (Fsp3) is 0.778. The van der Waals surface area contributed by atoms with Crippen LogP contribution in [-0.2, 0) is 25.7 Å². The maximum Gasteiger partial charge on any atom is 0.161 e. The second kappa shape index (κ2) is 4.76. The number of hydrogen-bond acceptors (Lipinski definition) is 0. The highest BCUT2D eigenvalue weighted by atomic mass is 28.3. The number of rotatable bonds is 1. The maximum atomic E-state index is 2.93. The first-order valence-corrected chi connectivity index (χ1v) is 11.5. The molecule has 0 bridgehead atoms. The molecule has 0 fully saturated rings. The van der Waals surface area contributed by atoms with Crippen molar-refractivity contribution in [2.45, 2.75) is 90.3 Å². The summed E-state index contributed by atoms with van der Waals surface area (Å²) in [6.45, 7) is 12.6. The van der Waals surface area contributed by atoms with Crippen LogP contribution in [-0.4, -0.2) is 12.5 Å². The Labute approximate surface area is 125 Å². The molecule has 0 radical (unpaired) electrons. The summed E-state index contributed by atoms with van der Waals surface area (Å²) in [7, 11) is -1.47. The van der Waals surface area contributed by atoms with E-state index >= 15 is 0 Å². The topological polar surface area (TPSA) is 4.93 Å². The Morgan fingerprint density at radius 3 is 1.55 bits per heavy atom. The van der Waals surface area contributed by atoms with Crippen molar-refractivity contribution in [3.63, 3.8) is 0 Å². The molecule has 1 aromatic rings. The van der Waals surface area contributed by atoms with Crippen molar-refractivity contribution in [2.75, 3.05) is 0 Å². The molecular weight excluding hydrogens is 258 g/mol. The normalized spacial score (nSPS) is 19.6. The fourth-order valence-corrected chi connectivity index (χ4v) is 6.61. The van der Waals surface area contributed by atoms with E-state index in [4.69, 9.17) is 0 Å². The molecule has 0 spiro atoms. The molecule has 0 amide bonds. The van der Waals surface area contributed by atoms with Crippen molar-refractivity contribution in [1.29, 1.82) is 0 Å². The summed E-state index contributed by atoms with van der Waals surface area (Å²) in [5.41, 5.74) is 7.09. The Balaban J connectivity index is 2.22. The third-order valence-corrected chi connectivity index (χ3v) is 11.5. The van der Waals surface area contributed by atoms with Gasteiger partial charge in [-0.15, -0.1) is 0 Å². The van der Waals surface area contributed by atoms with Crippen LogP contribution < -0.4 is 0 Å². The summed E-state index contributed by atoms with van der Waals surface area (Å²) in [6, 6.07) is 0. The number of nitrogens with zero attached hydrogens (tertiary/aromatic N) is 1. The van der Waals surface area contributed by atoms with Crippen LogP contribution in [0.3, 0.4) is 0 Å². The van der Waals surface area contributed by atoms with E-state index in [1.165, 1.54) is 51.4 Å². The largest absolute Gasteiger partial charge is 0.375 e. The van der Waals surface area contributed by atoms with Gasteiger partial charge in [0.05, 0.1) is 0 Å². The molecule has 2 heteroatoms. The quantitative estimate of drug-likeness (QED) is 0.634. The minimum Gasteiger partial charge on any atom is -0.375 e. The lowest BCUT2D eigenvalue weighted by Crippen LogP contribution is -2.47. The van der Waals surface area contributed by atoms with Crippen molar-refractivity contribution >= 4 is 8.24 Å². The third kappa shape index (κ3) is 2.02. The zero-order valence-corrected chi connectivity index (χ0v) is 15.1. The van der Waals surface area contributed by atoms with Crippen molar-refractivity contribution in [3.8, 4) is 0 Å². The minimum absolute atomic E-state index is 0.433. The van der Waals surface area contributed by atoms with E-state index in [2.05, 4.69) is 38.1 Å². The molecule has 0 saturated heterocycles. The first kappa shape index (κ1) is 14.4. The molecule has 0 N–H and O–H groups in total. The number of aromatic nitrogens is 1. The van der Waals surface area contributed by atoms with E-state index in [1.54, 1.807) is 22.5 Å². The highest BCUT2D eigenvalue weighted by Crippen LogP contribution is 2.43. The SMILES string of the molecule is CC(C)(C)[Si](C)(C)n1c2c(c3c1CCCC3)CCCC2. The van der Waals surface area contributed by atoms with Gasteiger partial charge in [0.2, 0.25) is 0 Å². The third-order valence-electron chi connectivity index (χ3n) is 6.18. The maximum absolute atomic E-state index is 2.93. The summed E-state index contributed by atoms with van der Waals surface area (Å²) in [4.78, 5) is 0. The second-order valence-corrected chi connectivity index (χ2v) is 13.5. The minimum atomic E-state index is -1.47. The number of hydrogen-bond donors (Lipinski definition) is 0. The van der Waals surface area contributed by atoms with Crippen LogP contribution in [0, 0.1) is 0 Å². The lowest BCUT2D eigenvalue weighted by atomic mass is 9.89. The summed E-state index contributed by atoms with van der Waals surface area (Å²) in [5, 5.41) is 0.433. The molecule has 0 saturated carbocycles. The Kier molecular flexibility index (Phi) is 3.43. The molecule has 20 heavy (non-hydrogen) atoms. The molecule has 112 valence electrons. The first-order valence-electron chi connectivity index (χ1n) is 8.59. The molecule has 1 nitrogen and oxygen atoms in total. The van der Waals surface area contributed by atoms with Crippen LogP contribution in [0.4, 0.5) is 0 Å². The van der Waals surface area contributed by atoms with Gasteiger partial charge in [-0.1, -0.05) is 33.9 Å². The van der Waals surface area contributed by atoms with Gasteiger partial charge in [-0.2, -0.15) is 0 Å². The van der Waals surface area contributed by atoms with Crippen LogP contribution in [0.15, 0.2) is 0 Å². The summed E-state index contributed by atoms with van der Waals surface area (Å²) < 4.78 is 2.93. The first-order chi connectivity index (χ1) is 9.34. The van der Waals surface area contributed by atoms with Gasteiger partial charge in [0.15, 0.2) is 8.24 Å². The van der Waals surface area contributed by atoms with Gasteiger partial charge < -0.3 is 4.23 Å². The number of fused-ring (bicyclic) bond motifs is 3. The predicted molar refractivity (Wildman–Crippen MR) is 90.3 cm³/mol. The molecule has 0 unspecified atom stereocenters. The Bertz CT molecular complexity index is 483. The average Bonchev–Trinajstić information content (AvgIpc) is 2.72. The fourth-order valence-electron chi connectivity index (χ4n) is 4.10. The molecule has 1 aromatic heterocycles. The zero-order valence-electron chi connectivity index (χ0n) is 14.1. The second-order valence-electron chi connectivity index (χ2n) is 8.41. The Hall–Kier alpha value is -0.503. The van der Waals surface area contributed by atoms with Gasteiger partial charge in [-0.25, -0.2) is 0 Å². The predicted octanol–water partition coefficient (Wildman–Crippen LogP) is 5.10. The van der Waals surface area contributed by atoms with E-state index in [1.807, 2.05) is 0 Å². The van der Waals surface area contributed by atoms with Crippen LogP contribution >= 0.6 is 0 Å². The summed E-state index contributed by atoms with van der Waals surface area (Å²) in [5.74, 6) is 0. The van der Waals surface area contributed by atoms with E-state index in [0.717, 1.165) is 0 Å². The molecule has 3 rings (SSSR count). The van der Waals surface area contributed by atoms with E-state index in [0.29, 0.717) is 5.04 Å². The highest BCUT2D eigenvalue weighted by Gasteiger charge is 2.42. The van der Waals surface area contributed by atoms with Gasteiger partial charge >= 0.3 is 0 Å². The lowest BCUT2D eigenvalue weighted by Gasteiger charge is -2.41. The molecule has 0 aromatic carbocycles. The van der Waals surface area contributed by atoms with Gasteiger partial charge in [0.1, 0.15) is 0 Å². The molecule has 2 aliphatic carbocycles. The summed E-state index contributed by atoms with van der Waals surface area (Å²) in [6.07, 6.45) is 11.1. The molecule has 0 aliphatic heterocycles. The van der Waals surface area contributed by atoms with Crippen molar-refractivity contribution in [3.05, 3.63) is 22.5 Å². The highest BCUT2D eigenvalue weighted by molar-refractivity contribution is 6.78. The van der Waals surface area contributed by atoms with Crippen molar-refractivity contribution < 1.29 is 0 Å². The van der Waals surface area contributed by atoms with Crippen LogP contribution in [0.1, 0.15) is 69.0 Å². The average molecular weight is 290 g/mol. The van der Waals surface area contributed by atoms with Crippen LogP contribution in [0.25, 0.3) is 0 Å². The van der Waals surface area contributed by atoms with Crippen LogP contribution in [0.2, 0.25) is 18.1 Å². The van der Waals surface area contributed by atoms with Crippen LogP contribution in [0.5, 0.6) is 0 Å². The Morgan fingerprint density at radius 2 is 1.15 bits per heavy atom. The van der Waals surface area contributed by atoms with Gasteiger partial charge in [0, 0.05) is 11.4 Å². The molecule has 2 aliphatic rings. The molecule has 0 atom stereocenters. The Morgan fingerprint density at radius 1 is 0.750 bits per heavy atom. The van der Waals surface area contributed by atoms with Gasteiger partial charge in [-0.3, -0.25) is 0 Å².